The Balaban J connectivity index is 1.14. The molecule has 5 rings (SSSR count). The van der Waals surface area contributed by atoms with Gasteiger partial charge >= 0.3 is 0 Å². The van der Waals surface area contributed by atoms with Gasteiger partial charge in [-0.05, 0) is 29.8 Å². The minimum Gasteiger partial charge on any atom is -0.489 e. The molecule has 1 aromatic carbocycles. The van der Waals surface area contributed by atoms with Crippen LogP contribution in [0.5, 0.6) is 5.75 Å². The van der Waals surface area contributed by atoms with E-state index >= 15 is 4.39 Å². The van der Waals surface area contributed by atoms with Gasteiger partial charge in [0.1, 0.15) is 17.7 Å². The molecule has 3 fully saturated rings. The highest BCUT2D eigenvalue weighted by Gasteiger charge is 2.45. The molecule has 0 saturated carbocycles. The Morgan fingerprint density at radius 3 is 2.42 bits per heavy atom. The van der Waals surface area contributed by atoms with Crippen LogP contribution in [0.2, 0.25) is 0 Å². The van der Waals surface area contributed by atoms with Gasteiger partial charge in [-0.25, -0.2) is 8.78 Å². The summed E-state index contributed by atoms with van der Waals surface area (Å²) in [5.74, 6) is -0.926. The van der Waals surface area contributed by atoms with Gasteiger partial charge < -0.3 is 19.3 Å². The molecule has 204 valence electrons. The molecule has 0 bridgehead atoms. The number of halogens is 2. The molecule has 9 nitrogen and oxygen atoms in total. The first kappa shape index (κ1) is 26.4. The molecular weight excluding hydrogens is 496 g/mol. The first-order valence-corrected chi connectivity index (χ1v) is 13.2. The van der Waals surface area contributed by atoms with Crippen molar-refractivity contribution < 1.29 is 27.8 Å². The molecule has 0 spiro atoms. The van der Waals surface area contributed by atoms with Crippen molar-refractivity contribution in [1.29, 1.82) is 0 Å². The van der Waals surface area contributed by atoms with E-state index in [-0.39, 0.29) is 30.4 Å². The Kier molecular flexibility index (Phi) is 8.13. The maximum atomic E-state index is 15.7. The Bertz CT molecular complexity index is 1120. The number of piperidine rings is 2. The average Bonchev–Trinajstić information content (AvgIpc) is 2.96. The van der Waals surface area contributed by atoms with E-state index in [1.54, 1.807) is 22.2 Å². The Morgan fingerprint density at radius 2 is 1.74 bits per heavy atom. The van der Waals surface area contributed by atoms with E-state index in [1.165, 1.54) is 18.2 Å². The summed E-state index contributed by atoms with van der Waals surface area (Å²) in [5.41, 5.74) is -0.673. The van der Waals surface area contributed by atoms with Crippen LogP contribution in [0.4, 0.5) is 8.78 Å². The number of ether oxygens (including phenoxy) is 2. The fourth-order valence-corrected chi connectivity index (χ4v) is 5.30. The predicted octanol–water partition coefficient (Wildman–Crippen LogP) is 2.46. The summed E-state index contributed by atoms with van der Waals surface area (Å²) >= 11 is 0. The van der Waals surface area contributed by atoms with Crippen molar-refractivity contribution in [2.24, 2.45) is 0 Å². The number of alkyl halides is 1. The number of morpholine rings is 1. The van der Waals surface area contributed by atoms with Crippen LogP contribution >= 0.6 is 0 Å². The lowest BCUT2D eigenvalue weighted by atomic mass is 9.90. The number of aromatic nitrogens is 2. The Hall–Kier alpha value is -3.18. The first-order chi connectivity index (χ1) is 18.4. The zero-order valence-electron chi connectivity index (χ0n) is 21.4. The van der Waals surface area contributed by atoms with Crippen molar-refractivity contribution in [3.63, 3.8) is 0 Å². The highest BCUT2D eigenvalue weighted by molar-refractivity contribution is 5.97. The summed E-state index contributed by atoms with van der Waals surface area (Å²) in [5, 5.41) is 7.65. The lowest BCUT2D eigenvalue weighted by molar-refractivity contribution is -0.149. The van der Waals surface area contributed by atoms with Crippen molar-refractivity contribution in [3.05, 3.63) is 53.6 Å². The molecule has 0 atom stereocenters. The molecule has 0 N–H and O–H groups in total. The summed E-state index contributed by atoms with van der Waals surface area (Å²) in [7, 11) is 0. The molecule has 3 aliphatic heterocycles. The quantitative estimate of drug-likeness (QED) is 0.568. The molecule has 11 heteroatoms. The molecule has 2 amide bonds. The van der Waals surface area contributed by atoms with Gasteiger partial charge in [0.05, 0.1) is 25.0 Å². The number of likely N-dealkylation sites (tertiary alicyclic amines) is 2. The van der Waals surface area contributed by atoms with Crippen LogP contribution in [-0.2, 0) is 16.1 Å². The van der Waals surface area contributed by atoms with E-state index < -0.39 is 17.4 Å². The van der Waals surface area contributed by atoms with Gasteiger partial charge in [-0.3, -0.25) is 14.5 Å². The van der Waals surface area contributed by atoms with E-state index in [0.29, 0.717) is 77.6 Å². The van der Waals surface area contributed by atoms with Crippen molar-refractivity contribution in [3.8, 4) is 5.75 Å². The number of carbonyl (C=O) groups excluding carboxylic acids is 2. The fourth-order valence-electron chi connectivity index (χ4n) is 5.30. The van der Waals surface area contributed by atoms with Gasteiger partial charge in [-0.15, -0.1) is 0 Å². The summed E-state index contributed by atoms with van der Waals surface area (Å²) in [4.78, 5) is 31.5. The lowest BCUT2D eigenvalue weighted by Gasteiger charge is -2.40. The summed E-state index contributed by atoms with van der Waals surface area (Å²) in [6.07, 6.45) is 4.40. The van der Waals surface area contributed by atoms with Crippen LogP contribution in [0.3, 0.4) is 0 Å². The van der Waals surface area contributed by atoms with Crippen LogP contribution < -0.4 is 4.74 Å². The van der Waals surface area contributed by atoms with E-state index in [0.717, 1.165) is 5.56 Å². The van der Waals surface area contributed by atoms with Crippen molar-refractivity contribution in [2.75, 3.05) is 52.5 Å². The molecule has 1 aromatic heterocycles. The number of hydrogen-bond acceptors (Lipinski definition) is 7. The standard InChI is InChI=1S/C27H33F2N5O4/c28-21-1-2-24(23(17-21)25(35)33-13-15-37-16-14-33)38-22-4-9-34(10-5-22)26(36)27(29)6-11-32(12-7-27)19-20-3-8-30-31-18-20/h1-3,8,17-18,22H,4-7,9-16,19H2. The van der Waals surface area contributed by atoms with Gasteiger partial charge in [0.2, 0.25) is 0 Å². The van der Waals surface area contributed by atoms with Crippen molar-refractivity contribution >= 4 is 11.8 Å². The van der Waals surface area contributed by atoms with E-state index in [9.17, 15) is 14.0 Å². The number of rotatable bonds is 6. The molecule has 3 aliphatic rings. The Labute approximate surface area is 220 Å². The molecule has 0 aliphatic carbocycles. The van der Waals surface area contributed by atoms with Gasteiger partial charge in [0, 0.05) is 77.7 Å². The maximum absolute atomic E-state index is 15.7. The normalized spacial score (nSPS) is 20.8. The monoisotopic (exact) mass is 529 g/mol. The molecule has 0 unspecified atom stereocenters. The number of benzene rings is 1. The summed E-state index contributed by atoms with van der Waals surface area (Å²) < 4.78 is 41.1. The van der Waals surface area contributed by atoms with Gasteiger partial charge in [0.25, 0.3) is 11.8 Å². The third-order valence-electron chi connectivity index (χ3n) is 7.58. The molecule has 0 radical (unpaired) electrons. The molecule has 2 aromatic rings. The molecule has 3 saturated heterocycles. The zero-order valence-corrected chi connectivity index (χ0v) is 21.4. The van der Waals surface area contributed by atoms with Gasteiger partial charge in [0.15, 0.2) is 5.67 Å². The van der Waals surface area contributed by atoms with Crippen LogP contribution in [0.25, 0.3) is 0 Å². The second-order valence-electron chi connectivity index (χ2n) is 10.1. The smallest absolute Gasteiger partial charge is 0.260 e. The van der Waals surface area contributed by atoms with Crippen LogP contribution in [-0.4, -0.2) is 101 Å². The number of hydrogen-bond donors (Lipinski definition) is 0. The first-order valence-electron chi connectivity index (χ1n) is 13.2. The van der Waals surface area contributed by atoms with E-state index in [2.05, 4.69) is 15.1 Å². The molecule has 38 heavy (non-hydrogen) atoms. The van der Waals surface area contributed by atoms with E-state index in [1.807, 2.05) is 6.07 Å². The van der Waals surface area contributed by atoms with E-state index in [4.69, 9.17) is 9.47 Å². The SMILES string of the molecule is O=C(c1cc(F)ccc1OC1CCN(C(=O)C2(F)CCN(Cc3ccnnc3)CC2)CC1)N1CCOCC1. The Morgan fingerprint density at radius 1 is 1.00 bits per heavy atom. The van der Waals surface area contributed by atoms with Crippen LogP contribution in [0.1, 0.15) is 41.6 Å². The second-order valence-corrected chi connectivity index (χ2v) is 10.1. The van der Waals surface area contributed by atoms with Crippen LogP contribution in [0, 0.1) is 5.82 Å². The fraction of sp³-hybridized carbons (Fsp3) is 0.556. The average molecular weight is 530 g/mol. The van der Waals surface area contributed by atoms with Crippen LogP contribution in [0.15, 0.2) is 36.7 Å². The largest absolute Gasteiger partial charge is 0.489 e. The highest BCUT2D eigenvalue weighted by atomic mass is 19.1. The summed E-state index contributed by atoms with van der Waals surface area (Å²) in [6.45, 7) is 4.16. The predicted molar refractivity (Wildman–Crippen MR) is 134 cm³/mol. The number of carbonyl (C=O) groups is 2. The van der Waals surface area contributed by atoms with Crippen molar-refractivity contribution in [2.45, 2.75) is 44.0 Å². The van der Waals surface area contributed by atoms with Gasteiger partial charge in [-0.1, -0.05) is 0 Å². The summed E-state index contributed by atoms with van der Waals surface area (Å²) in [6, 6.07) is 5.84. The minimum absolute atomic E-state index is 0.156. The zero-order chi connectivity index (χ0) is 26.5. The number of nitrogens with zero attached hydrogens (tertiary/aromatic N) is 5. The second kappa shape index (κ2) is 11.7. The third-order valence-corrected chi connectivity index (χ3v) is 7.58. The third kappa shape index (κ3) is 6.10. The minimum atomic E-state index is -1.87. The van der Waals surface area contributed by atoms with Gasteiger partial charge in [-0.2, -0.15) is 10.2 Å². The number of amides is 2. The lowest BCUT2D eigenvalue weighted by Crippen LogP contribution is -2.54. The highest BCUT2D eigenvalue weighted by Crippen LogP contribution is 2.32. The molecule has 4 heterocycles. The molecular formula is C27H33F2N5O4. The van der Waals surface area contributed by atoms with Crippen molar-refractivity contribution in [1.82, 2.24) is 24.9 Å². The topological polar surface area (TPSA) is 88.1 Å². The maximum Gasteiger partial charge on any atom is 0.260 e.